The summed E-state index contributed by atoms with van der Waals surface area (Å²) in [4.78, 5) is 0. The molecule has 1 rings (SSSR count). The van der Waals surface area contributed by atoms with Crippen LogP contribution in [-0.2, 0) is 9.47 Å². The Bertz CT molecular complexity index is 236. The summed E-state index contributed by atoms with van der Waals surface area (Å²) in [5, 5.41) is 1.43. The Labute approximate surface area is 94.7 Å². The summed E-state index contributed by atoms with van der Waals surface area (Å²) in [7, 11) is 2.18. The predicted octanol–water partition coefficient (Wildman–Crippen LogP) is 3.35. The van der Waals surface area contributed by atoms with Gasteiger partial charge in [-0.25, -0.2) is 0 Å². The largest absolute Gasteiger partial charge is 0.350 e. The van der Waals surface area contributed by atoms with Crippen LogP contribution in [0.25, 0.3) is 0 Å². The molecule has 15 heavy (non-hydrogen) atoms. The number of allylic oxidation sites excluding steroid dienone is 1. The topological polar surface area (TPSA) is 18.5 Å². The first kappa shape index (κ1) is 12.9. The van der Waals surface area contributed by atoms with Gasteiger partial charge in [0.1, 0.15) is 0 Å². The molecule has 0 aromatic rings. The van der Waals surface area contributed by atoms with E-state index in [1.807, 2.05) is 0 Å². The van der Waals surface area contributed by atoms with Gasteiger partial charge in [-0.05, 0) is 24.5 Å². The van der Waals surface area contributed by atoms with E-state index in [9.17, 15) is 0 Å². The zero-order valence-electron chi connectivity index (χ0n) is 10.7. The number of methoxy groups -OCH3 is 2. The van der Waals surface area contributed by atoms with Gasteiger partial charge in [0, 0.05) is 20.6 Å². The molecule has 0 spiro atoms. The van der Waals surface area contributed by atoms with E-state index < -0.39 is 13.9 Å². The van der Waals surface area contributed by atoms with Crippen LogP contribution in [0.1, 0.15) is 25.7 Å². The van der Waals surface area contributed by atoms with Gasteiger partial charge in [-0.15, -0.1) is 0 Å². The molecule has 2 nitrogen and oxygen atoms in total. The Kier molecular flexibility index (Phi) is 4.15. The SMILES string of the molecule is COC1(OC)CCCCC=C1[Si](C)(C)C. The summed E-state index contributed by atoms with van der Waals surface area (Å²) < 4.78 is 11.4. The molecule has 1 aliphatic rings. The lowest BCUT2D eigenvalue weighted by molar-refractivity contribution is -0.178. The quantitative estimate of drug-likeness (QED) is 0.545. The summed E-state index contributed by atoms with van der Waals surface area (Å²) >= 11 is 0. The number of ether oxygens (including phenoxy) is 2. The van der Waals surface area contributed by atoms with Gasteiger partial charge in [-0.2, -0.15) is 0 Å². The summed E-state index contributed by atoms with van der Waals surface area (Å²) in [6.07, 6.45) is 6.98. The van der Waals surface area contributed by atoms with E-state index in [0.717, 1.165) is 6.42 Å². The van der Waals surface area contributed by atoms with Crippen LogP contribution in [0, 0.1) is 0 Å². The second kappa shape index (κ2) is 4.81. The van der Waals surface area contributed by atoms with Crippen molar-refractivity contribution < 1.29 is 9.47 Å². The van der Waals surface area contributed by atoms with E-state index in [1.165, 1.54) is 24.5 Å². The molecule has 0 bridgehead atoms. The zero-order valence-corrected chi connectivity index (χ0v) is 11.7. The summed E-state index contributed by atoms with van der Waals surface area (Å²) in [6, 6.07) is 0. The summed E-state index contributed by atoms with van der Waals surface area (Å²) in [5.74, 6) is -0.430. The normalized spacial score (nSPS) is 22.1. The molecule has 0 heterocycles. The van der Waals surface area contributed by atoms with Crippen molar-refractivity contribution in [3.63, 3.8) is 0 Å². The number of rotatable bonds is 3. The van der Waals surface area contributed by atoms with Crippen molar-refractivity contribution in [2.75, 3.05) is 14.2 Å². The van der Waals surface area contributed by atoms with Crippen LogP contribution in [-0.4, -0.2) is 28.1 Å². The molecule has 0 aromatic heterocycles. The third kappa shape index (κ3) is 2.71. The minimum absolute atomic E-state index is 0.430. The molecule has 1 aliphatic carbocycles. The van der Waals surface area contributed by atoms with Gasteiger partial charge in [-0.3, -0.25) is 0 Å². The molecular formula is C12H24O2Si. The van der Waals surface area contributed by atoms with Crippen LogP contribution >= 0.6 is 0 Å². The van der Waals surface area contributed by atoms with E-state index >= 15 is 0 Å². The highest BCUT2D eigenvalue weighted by atomic mass is 28.3. The van der Waals surface area contributed by atoms with Gasteiger partial charge in [-0.1, -0.05) is 25.7 Å². The Morgan fingerprint density at radius 2 is 1.73 bits per heavy atom. The Morgan fingerprint density at radius 1 is 1.13 bits per heavy atom. The molecule has 0 radical (unpaired) electrons. The van der Waals surface area contributed by atoms with Crippen molar-refractivity contribution in [2.45, 2.75) is 51.1 Å². The first-order valence-corrected chi connectivity index (χ1v) is 9.28. The van der Waals surface area contributed by atoms with Crippen molar-refractivity contribution in [3.05, 3.63) is 11.3 Å². The second-order valence-corrected chi connectivity index (χ2v) is 10.3. The minimum Gasteiger partial charge on any atom is -0.350 e. The molecule has 0 saturated carbocycles. The standard InChI is InChI=1S/C12H24O2Si/c1-13-12(14-2)10-8-6-7-9-11(12)15(3,4)5/h9H,6-8,10H2,1-5H3. The molecule has 88 valence electrons. The molecule has 0 atom stereocenters. The van der Waals surface area contributed by atoms with Crippen molar-refractivity contribution in [2.24, 2.45) is 0 Å². The summed E-state index contributed by atoms with van der Waals surface area (Å²) in [6.45, 7) is 7.07. The molecule has 0 N–H and O–H groups in total. The van der Waals surface area contributed by atoms with Crippen LogP contribution in [0.2, 0.25) is 19.6 Å². The average molecular weight is 228 g/mol. The first-order valence-electron chi connectivity index (χ1n) is 5.78. The second-order valence-electron chi connectivity index (χ2n) is 5.27. The lowest BCUT2D eigenvalue weighted by atomic mass is 10.1. The van der Waals surface area contributed by atoms with Gasteiger partial charge < -0.3 is 9.47 Å². The van der Waals surface area contributed by atoms with E-state index in [0.29, 0.717) is 0 Å². The zero-order chi connectivity index (χ0) is 11.5. The molecule has 0 aromatic carbocycles. The molecule has 0 unspecified atom stereocenters. The van der Waals surface area contributed by atoms with Crippen LogP contribution in [0.3, 0.4) is 0 Å². The first-order chi connectivity index (χ1) is 6.96. The van der Waals surface area contributed by atoms with Crippen LogP contribution in [0.4, 0.5) is 0 Å². The van der Waals surface area contributed by atoms with Gasteiger partial charge in [0.2, 0.25) is 0 Å². The van der Waals surface area contributed by atoms with Crippen molar-refractivity contribution in [1.82, 2.24) is 0 Å². The van der Waals surface area contributed by atoms with Crippen molar-refractivity contribution >= 4 is 8.07 Å². The summed E-state index contributed by atoms with van der Waals surface area (Å²) in [5.41, 5.74) is 0. The fraction of sp³-hybridized carbons (Fsp3) is 0.833. The molecule has 0 aliphatic heterocycles. The Balaban J connectivity index is 3.08. The smallest absolute Gasteiger partial charge is 0.186 e. The fourth-order valence-electron chi connectivity index (χ4n) is 2.42. The van der Waals surface area contributed by atoms with Gasteiger partial charge in [0.05, 0.1) is 8.07 Å². The van der Waals surface area contributed by atoms with Crippen LogP contribution < -0.4 is 0 Å². The molecule has 3 heteroatoms. The van der Waals surface area contributed by atoms with Crippen LogP contribution in [0.5, 0.6) is 0 Å². The van der Waals surface area contributed by atoms with E-state index in [2.05, 4.69) is 25.7 Å². The molecule has 0 amide bonds. The average Bonchev–Trinajstić information content (AvgIpc) is 2.39. The lowest BCUT2D eigenvalue weighted by Crippen LogP contribution is -2.45. The maximum atomic E-state index is 5.69. The third-order valence-corrected chi connectivity index (χ3v) is 5.39. The lowest BCUT2D eigenvalue weighted by Gasteiger charge is -2.38. The van der Waals surface area contributed by atoms with Gasteiger partial charge in [0.15, 0.2) is 5.79 Å². The monoisotopic (exact) mass is 228 g/mol. The van der Waals surface area contributed by atoms with Gasteiger partial charge >= 0.3 is 0 Å². The maximum Gasteiger partial charge on any atom is 0.186 e. The Morgan fingerprint density at radius 3 is 2.20 bits per heavy atom. The molecule has 0 fully saturated rings. The predicted molar refractivity (Wildman–Crippen MR) is 66.6 cm³/mol. The van der Waals surface area contributed by atoms with E-state index in [1.54, 1.807) is 14.2 Å². The third-order valence-electron chi connectivity index (χ3n) is 3.19. The minimum atomic E-state index is -1.35. The number of hydrogen-bond donors (Lipinski definition) is 0. The van der Waals surface area contributed by atoms with E-state index in [4.69, 9.17) is 9.47 Å². The fourth-order valence-corrected chi connectivity index (χ4v) is 4.65. The Hall–Kier alpha value is -0.123. The highest BCUT2D eigenvalue weighted by Gasteiger charge is 2.41. The molecular weight excluding hydrogens is 204 g/mol. The highest BCUT2D eigenvalue weighted by molar-refractivity contribution is 6.83. The van der Waals surface area contributed by atoms with Crippen LogP contribution in [0.15, 0.2) is 11.3 Å². The maximum absolute atomic E-state index is 5.69. The van der Waals surface area contributed by atoms with Gasteiger partial charge in [0.25, 0.3) is 0 Å². The number of hydrogen-bond acceptors (Lipinski definition) is 2. The van der Waals surface area contributed by atoms with Crippen molar-refractivity contribution in [3.8, 4) is 0 Å². The molecule has 0 saturated heterocycles. The van der Waals surface area contributed by atoms with E-state index in [-0.39, 0.29) is 0 Å². The van der Waals surface area contributed by atoms with Crippen molar-refractivity contribution in [1.29, 1.82) is 0 Å². The highest BCUT2D eigenvalue weighted by Crippen LogP contribution is 2.37.